The van der Waals surface area contributed by atoms with Crippen LogP contribution in [0.1, 0.15) is 32.1 Å². The number of hydrogen-bond acceptors (Lipinski definition) is 3. The van der Waals surface area contributed by atoms with Gasteiger partial charge in [0, 0.05) is 17.3 Å². The Morgan fingerprint density at radius 3 is 3.05 bits per heavy atom. The van der Waals surface area contributed by atoms with Crippen LogP contribution >= 0.6 is 11.6 Å². The lowest BCUT2D eigenvalue weighted by Gasteiger charge is -2.24. The highest BCUT2D eigenvalue weighted by Crippen LogP contribution is 2.33. The highest BCUT2D eigenvalue weighted by atomic mass is 35.5. The van der Waals surface area contributed by atoms with Crippen molar-refractivity contribution in [2.75, 3.05) is 5.32 Å². The van der Waals surface area contributed by atoms with Crippen LogP contribution in [0.15, 0.2) is 18.3 Å². The summed E-state index contributed by atoms with van der Waals surface area (Å²) in [6, 6.07) is 3.80. The smallest absolute Gasteiger partial charge is 0.242 e. The van der Waals surface area contributed by atoms with Crippen molar-refractivity contribution in [1.29, 1.82) is 0 Å². The van der Waals surface area contributed by atoms with E-state index in [0.717, 1.165) is 6.42 Å². The molecule has 1 aliphatic heterocycles. The lowest BCUT2D eigenvalue weighted by molar-refractivity contribution is -0.117. The van der Waals surface area contributed by atoms with Gasteiger partial charge in [0.15, 0.2) is 0 Å². The van der Waals surface area contributed by atoms with Gasteiger partial charge in [-0.2, -0.15) is 0 Å². The van der Waals surface area contributed by atoms with Crippen LogP contribution in [-0.4, -0.2) is 23.0 Å². The third kappa shape index (κ3) is 2.90. The number of fused-ring (bicyclic) bond motifs is 1. The highest BCUT2D eigenvalue weighted by Gasteiger charge is 2.38. The van der Waals surface area contributed by atoms with E-state index in [-0.39, 0.29) is 11.9 Å². The Morgan fingerprint density at radius 2 is 2.26 bits per heavy atom. The topological polar surface area (TPSA) is 54.0 Å². The maximum absolute atomic E-state index is 12.2. The van der Waals surface area contributed by atoms with Crippen molar-refractivity contribution >= 4 is 23.3 Å². The van der Waals surface area contributed by atoms with Crippen molar-refractivity contribution in [3.63, 3.8) is 0 Å². The van der Waals surface area contributed by atoms with E-state index in [1.54, 1.807) is 18.3 Å². The van der Waals surface area contributed by atoms with Crippen LogP contribution in [0.3, 0.4) is 0 Å². The molecule has 0 radical (unpaired) electrons. The first-order valence-electron chi connectivity index (χ1n) is 6.91. The van der Waals surface area contributed by atoms with Crippen molar-refractivity contribution in [1.82, 2.24) is 10.3 Å². The Balaban J connectivity index is 1.62. The number of aromatic nitrogens is 1. The van der Waals surface area contributed by atoms with Crippen LogP contribution in [0.4, 0.5) is 5.82 Å². The molecule has 4 nitrogen and oxygen atoms in total. The second-order valence-corrected chi connectivity index (χ2v) is 5.89. The molecule has 3 unspecified atom stereocenters. The highest BCUT2D eigenvalue weighted by molar-refractivity contribution is 6.30. The predicted molar refractivity (Wildman–Crippen MR) is 75.2 cm³/mol. The number of rotatable bonds is 2. The Hall–Kier alpha value is -1.13. The molecular formula is C14H18ClN3O. The first kappa shape index (κ1) is 12.9. The molecule has 1 aromatic heterocycles. The zero-order valence-electron chi connectivity index (χ0n) is 10.7. The molecule has 2 N–H and O–H groups in total. The number of carbonyl (C=O) groups excluding carboxylic acids is 1. The fourth-order valence-electron chi connectivity index (χ4n) is 3.21. The normalized spacial score (nSPS) is 29.8. The van der Waals surface area contributed by atoms with Crippen LogP contribution in [-0.2, 0) is 4.79 Å². The lowest BCUT2D eigenvalue weighted by Crippen LogP contribution is -2.40. The molecule has 0 bridgehead atoms. The minimum absolute atomic E-state index is 0.00386. The number of pyridine rings is 1. The van der Waals surface area contributed by atoms with Crippen LogP contribution in [0.5, 0.6) is 0 Å². The minimum atomic E-state index is -0.0890. The largest absolute Gasteiger partial charge is 0.309 e. The van der Waals surface area contributed by atoms with Crippen LogP contribution in [0.25, 0.3) is 0 Å². The Kier molecular flexibility index (Phi) is 3.71. The predicted octanol–water partition coefficient (Wildman–Crippen LogP) is 2.59. The standard InChI is InChI=1S/C14H18ClN3O/c15-10-5-6-16-13(8-10)18-14(19)12-7-9-3-1-2-4-11(9)17-12/h5-6,8-9,11-12,17H,1-4,7H2,(H,16,18,19). The molecule has 1 aromatic rings. The van der Waals surface area contributed by atoms with E-state index in [9.17, 15) is 4.79 Å². The molecular weight excluding hydrogens is 262 g/mol. The van der Waals surface area contributed by atoms with Gasteiger partial charge in [0.1, 0.15) is 5.82 Å². The molecule has 1 amide bonds. The summed E-state index contributed by atoms with van der Waals surface area (Å²) in [6.45, 7) is 0. The number of halogens is 1. The average molecular weight is 280 g/mol. The molecule has 2 aliphatic rings. The number of anilines is 1. The SMILES string of the molecule is O=C(Nc1cc(Cl)ccn1)C1CC2CCCCC2N1. The van der Waals surface area contributed by atoms with Gasteiger partial charge in [0.25, 0.3) is 0 Å². The Labute approximate surface area is 117 Å². The molecule has 19 heavy (non-hydrogen) atoms. The summed E-state index contributed by atoms with van der Waals surface area (Å²) < 4.78 is 0. The molecule has 1 saturated heterocycles. The van der Waals surface area contributed by atoms with Gasteiger partial charge < -0.3 is 10.6 Å². The van der Waals surface area contributed by atoms with Gasteiger partial charge in [-0.3, -0.25) is 4.79 Å². The summed E-state index contributed by atoms with van der Waals surface area (Å²) in [4.78, 5) is 16.3. The van der Waals surface area contributed by atoms with Crippen LogP contribution < -0.4 is 10.6 Å². The van der Waals surface area contributed by atoms with Gasteiger partial charge in [0.05, 0.1) is 6.04 Å². The molecule has 1 saturated carbocycles. The number of amides is 1. The van der Waals surface area contributed by atoms with Crippen molar-refractivity contribution < 1.29 is 4.79 Å². The number of nitrogens with zero attached hydrogens (tertiary/aromatic N) is 1. The maximum Gasteiger partial charge on any atom is 0.242 e. The number of nitrogens with one attached hydrogen (secondary N) is 2. The lowest BCUT2D eigenvalue weighted by atomic mass is 9.85. The monoisotopic (exact) mass is 279 g/mol. The van der Waals surface area contributed by atoms with Crippen molar-refractivity contribution in [3.8, 4) is 0 Å². The fourth-order valence-corrected chi connectivity index (χ4v) is 3.37. The first-order valence-corrected chi connectivity index (χ1v) is 7.28. The summed E-state index contributed by atoms with van der Waals surface area (Å²) in [5.74, 6) is 1.19. The summed E-state index contributed by atoms with van der Waals surface area (Å²) in [7, 11) is 0. The Morgan fingerprint density at radius 1 is 1.42 bits per heavy atom. The fraction of sp³-hybridized carbons (Fsp3) is 0.571. The molecule has 5 heteroatoms. The van der Waals surface area contributed by atoms with Gasteiger partial charge >= 0.3 is 0 Å². The summed E-state index contributed by atoms with van der Waals surface area (Å²) in [6.07, 6.45) is 7.56. The average Bonchev–Trinajstić information content (AvgIpc) is 2.82. The van der Waals surface area contributed by atoms with E-state index < -0.39 is 0 Å². The summed E-state index contributed by atoms with van der Waals surface area (Å²) in [5, 5.41) is 6.87. The van der Waals surface area contributed by atoms with Crippen LogP contribution in [0, 0.1) is 5.92 Å². The van der Waals surface area contributed by atoms with Crippen molar-refractivity contribution in [2.45, 2.75) is 44.2 Å². The zero-order valence-corrected chi connectivity index (χ0v) is 11.5. The molecule has 1 aliphatic carbocycles. The van der Waals surface area contributed by atoms with E-state index >= 15 is 0 Å². The van der Waals surface area contributed by atoms with Gasteiger partial charge in [-0.15, -0.1) is 0 Å². The number of hydrogen-bond donors (Lipinski definition) is 2. The molecule has 0 aromatic carbocycles. The van der Waals surface area contributed by atoms with E-state index in [0.29, 0.717) is 22.8 Å². The van der Waals surface area contributed by atoms with Gasteiger partial charge in [0.2, 0.25) is 5.91 Å². The summed E-state index contributed by atoms with van der Waals surface area (Å²) >= 11 is 5.88. The molecule has 2 heterocycles. The van der Waals surface area contributed by atoms with Gasteiger partial charge in [-0.25, -0.2) is 4.98 Å². The number of carbonyl (C=O) groups is 1. The summed E-state index contributed by atoms with van der Waals surface area (Å²) in [5.41, 5.74) is 0. The second-order valence-electron chi connectivity index (χ2n) is 5.45. The maximum atomic E-state index is 12.2. The first-order chi connectivity index (χ1) is 9.22. The molecule has 3 rings (SSSR count). The van der Waals surface area contributed by atoms with Crippen molar-refractivity contribution in [3.05, 3.63) is 23.4 Å². The van der Waals surface area contributed by atoms with Gasteiger partial charge in [-0.05, 0) is 37.3 Å². The zero-order chi connectivity index (χ0) is 13.2. The Bertz CT molecular complexity index is 466. The van der Waals surface area contributed by atoms with E-state index in [1.807, 2.05) is 0 Å². The van der Waals surface area contributed by atoms with Crippen LogP contribution in [0.2, 0.25) is 5.02 Å². The molecule has 0 spiro atoms. The van der Waals surface area contributed by atoms with Crippen molar-refractivity contribution in [2.24, 2.45) is 5.92 Å². The van der Waals surface area contributed by atoms with E-state index in [4.69, 9.17) is 11.6 Å². The third-order valence-electron chi connectivity index (χ3n) is 4.15. The molecule has 102 valence electrons. The van der Waals surface area contributed by atoms with Gasteiger partial charge in [-0.1, -0.05) is 24.4 Å². The third-order valence-corrected chi connectivity index (χ3v) is 4.39. The van der Waals surface area contributed by atoms with E-state index in [2.05, 4.69) is 15.6 Å². The quantitative estimate of drug-likeness (QED) is 0.875. The second kappa shape index (κ2) is 5.47. The van der Waals surface area contributed by atoms with E-state index in [1.165, 1.54) is 25.7 Å². The molecule has 2 fully saturated rings. The molecule has 3 atom stereocenters. The minimum Gasteiger partial charge on any atom is -0.309 e.